The largest absolute Gasteiger partial charge is 0.369 e. The van der Waals surface area contributed by atoms with Gasteiger partial charge in [0.2, 0.25) is 15.9 Å². The predicted octanol–water partition coefficient (Wildman–Crippen LogP) is -0.539. The van der Waals surface area contributed by atoms with Gasteiger partial charge < -0.3 is 5.73 Å². The summed E-state index contributed by atoms with van der Waals surface area (Å²) < 4.78 is 38.0. The molecule has 0 bridgehead atoms. The minimum atomic E-state index is -3.97. The minimum absolute atomic E-state index is 0.309. The number of nitrogens with one attached hydrogen (secondary N) is 1. The number of nitrogens with zero attached hydrogens (tertiary/aromatic N) is 1. The molecule has 0 saturated heterocycles. The van der Waals surface area contributed by atoms with Crippen LogP contribution in [-0.4, -0.2) is 20.9 Å². The predicted molar refractivity (Wildman–Crippen MR) is 55.5 cm³/mol. The van der Waals surface area contributed by atoms with Gasteiger partial charge in [0.15, 0.2) is 0 Å². The van der Waals surface area contributed by atoms with Gasteiger partial charge in [0.25, 0.3) is 0 Å². The monoisotopic (exact) mass is 257 g/mol. The fraction of sp³-hybridized carbons (Fsp3) is 0.111. The summed E-state index contributed by atoms with van der Waals surface area (Å²) in [6, 6.07) is 4.23. The molecule has 90 valence electrons. The van der Waals surface area contributed by atoms with E-state index in [0.29, 0.717) is 0 Å². The van der Waals surface area contributed by atoms with Crippen LogP contribution in [-0.2, 0) is 14.8 Å². The van der Waals surface area contributed by atoms with Gasteiger partial charge in [0.1, 0.15) is 11.9 Å². The molecule has 0 unspecified atom stereocenters. The van der Waals surface area contributed by atoms with Crippen LogP contribution in [0.2, 0.25) is 0 Å². The number of nitriles is 1. The van der Waals surface area contributed by atoms with E-state index < -0.39 is 33.9 Å². The highest BCUT2D eigenvalue weighted by molar-refractivity contribution is 7.89. The van der Waals surface area contributed by atoms with Gasteiger partial charge in [-0.05, 0) is 18.2 Å². The number of amides is 1. The first-order chi connectivity index (χ1) is 7.86. The minimum Gasteiger partial charge on any atom is -0.369 e. The molecule has 8 heteroatoms. The number of hydrogen-bond donors (Lipinski definition) is 2. The van der Waals surface area contributed by atoms with Crippen LogP contribution in [0.15, 0.2) is 23.1 Å². The van der Waals surface area contributed by atoms with E-state index in [2.05, 4.69) is 0 Å². The van der Waals surface area contributed by atoms with Crippen molar-refractivity contribution in [2.24, 2.45) is 5.73 Å². The van der Waals surface area contributed by atoms with Crippen molar-refractivity contribution in [3.8, 4) is 6.07 Å². The molecule has 0 radical (unpaired) electrons. The zero-order chi connectivity index (χ0) is 13.1. The first-order valence-corrected chi connectivity index (χ1v) is 5.83. The lowest BCUT2D eigenvalue weighted by Gasteiger charge is -2.05. The average molecular weight is 257 g/mol. The number of sulfonamides is 1. The first-order valence-electron chi connectivity index (χ1n) is 4.34. The molecule has 6 nitrogen and oxygen atoms in total. The number of carbonyl (C=O) groups excluding carboxylic acids is 1. The second kappa shape index (κ2) is 4.90. The zero-order valence-electron chi connectivity index (χ0n) is 8.47. The van der Waals surface area contributed by atoms with E-state index in [1.807, 2.05) is 4.72 Å². The summed E-state index contributed by atoms with van der Waals surface area (Å²) in [4.78, 5) is 10.1. The van der Waals surface area contributed by atoms with Crippen molar-refractivity contribution in [1.82, 2.24) is 4.72 Å². The molecule has 1 amide bonds. The fourth-order valence-corrected chi connectivity index (χ4v) is 2.03. The van der Waals surface area contributed by atoms with Gasteiger partial charge in [-0.3, -0.25) is 4.79 Å². The van der Waals surface area contributed by atoms with Crippen LogP contribution in [0.3, 0.4) is 0 Å². The van der Waals surface area contributed by atoms with E-state index in [-0.39, 0.29) is 4.90 Å². The second-order valence-electron chi connectivity index (χ2n) is 3.04. The molecule has 0 aliphatic heterocycles. The number of primary amides is 1. The third-order valence-electron chi connectivity index (χ3n) is 1.80. The third kappa shape index (κ3) is 3.24. The maximum Gasteiger partial charge on any atom is 0.241 e. The van der Waals surface area contributed by atoms with Crippen LogP contribution in [0, 0.1) is 17.1 Å². The molecule has 0 atom stereocenters. The molecular weight excluding hydrogens is 249 g/mol. The summed E-state index contributed by atoms with van der Waals surface area (Å²) in [7, 11) is -3.97. The van der Waals surface area contributed by atoms with Gasteiger partial charge in [0.05, 0.1) is 17.0 Å². The van der Waals surface area contributed by atoms with Gasteiger partial charge in [0, 0.05) is 0 Å². The van der Waals surface area contributed by atoms with Gasteiger partial charge in [-0.25, -0.2) is 17.5 Å². The normalized spacial score (nSPS) is 10.8. The molecule has 0 saturated carbocycles. The maximum absolute atomic E-state index is 13.0. The Morgan fingerprint density at radius 1 is 1.53 bits per heavy atom. The molecule has 1 aromatic rings. The smallest absolute Gasteiger partial charge is 0.241 e. The summed E-state index contributed by atoms with van der Waals surface area (Å²) >= 11 is 0. The molecule has 1 rings (SSSR count). The van der Waals surface area contributed by atoms with Crippen molar-refractivity contribution in [2.75, 3.05) is 6.54 Å². The summed E-state index contributed by atoms with van der Waals surface area (Å²) in [6.45, 7) is -0.568. The summed E-state index contributed by atoms with van der Waals surface area (Å²) in [5.74, 6) is -1.67. The quantitative estimate of drug-likeness (QED) is 0.754. The van der Waals surface area contributed by atoms with Crippen molar-refractivity contribution in [2.45, 2.75) is 4.90 Å². The van der Waals surface area contributed by atoms with Gasteiger partial charge in [-0.2, -0.15) is 5.26 Å². The molecule has 3 N–H and O–H groups in total. The Bertz CT molecular complexity index is 592. The summed E-state index contributed by atoms with van der Waals surface area (Å²) in [6.07, 6.45) is 0. The molecule has 0 fully saturated rings. The Labute approximate surface area is 96.9 Å². The second-order valence-corrected chi connectivity index (χ2v) is 4.81. The van der Waals surface area contributed by atoms with E-state index in [1.54, 1.807) is 0 Å². The van der Waals surface area contributed by atoms with E-state index >= 15 is 0 Å². The molecule has 0 spiro atoms. The Kier molecular flexibility index (Phi) is 3.77. The van der Waals surface area contributed by atoms with E-state index in [1.165, 1.54) is 6.07 Å². The third-order valence-corrected chi connectivity index (χ3v) is 3.20. The van der Waals surface area contributed by atoms with Crippen LogP contribution in [0.25, 0.3) is 0 Å². The Hall–Kier alpha value is -1.98. The molecule has 0 aliphatic rings. The van der Waals surface area contributed by atoms with E-state index in [4.69, 9.17) is 11.0 Å². The topological polar surface area (TPSA) is 113 Å². The molecule has 0 aromatic heterocycles. The number of hydrogen-bond acceptors (Lipinski definition) is 4. The Morgan fingerprint density at radius 3 is 2.71 bits per heavy atom. The first kappa shape index (κ1) is 13.1. The van der Waals surface area contributed by atoms with Crippen LogP contribution in [0.1, 0.15) is 5.56 Å². The van der Waals surface area contributed by atoms with Crippen molar-refractivity contribution < 1.29 is 17.6 Å². The van der Waals surface area contributed by atoms with Gasteiger partial charge in [-0.1, -0.05) is 0 Å². The van der Waals surface area contributed by atoms with Gasteiger partial charge >= 0.3 is 0 Å². The van der Waals surface area contributed by atoms with Crippen molar-refractivity contribution >= 4 is 15.9 Å². The molecular formula is C9H8FN3O3S. The SMILES string of the molecule is N#Cc1cc(S(=O)(=O)NCC(N)=O)ccc1F. The number of benzene rings is 1. The Morgan fingerprint density at radius 2 is 2.18 bits per heavy atom. The lowest BCUT2D eigenvalue weighted by atomic mass is 10.2. The summed E-state index contributed by atoms with van der Waals surface area (Å²) in [5, 5.41) is 8.55. The van der Waals surface area contributed by atoms with Crippen LogP contribution in [0.5, 0.6) is 0 Å². The average Bonchev–Trinajstić information content (AvgIpc) is 2.27. The van der Waals surface area contributed by atoms with Crippen molar-refractivity contribution in [3.05, 3.63) is 29.6 Å². The highest BCUT2D eigenvalue weighted by Crippen LogP contribution is 2.13. The Balaban J connectivity index is 3.08. The molecule has 1 aromatic carbocycles. The van der Waals surface area contributed by atoms with Crippen LogP contribution < -0.4 is 10.5 Å². The number of halogens is 1. The maximum atomic E-state index is 13.0. The van der Waals surface area contributed by atoms with Crippen molar-refractivity contribution in [3.63, 3.8) is 0 Å². The highest BCUT2D eigenvalue weighted by Gasteiger charge is 2.16. The van der Waals surface area contributed by atoms with Gasteiger partial charge in [-0.15, -0.1) is 0 Å². The number of nitrogens with two attached hydrogens (primary N) is 1. The van der Waals surface area contributed by atoms with E-state index in [0.717, 1.165) is 18.2 Å². The van der Waals surface area contributed by atoms with Crippen LogP contribution >= 0.6 is 0 Å². The molecule has 17 heavy (non-hydrogen) atoms. The number of carbonyl (C=O) groups is 1. The lowest BCUT2D eigenvalue weighted by molar-refractivity contribution is -0.116. The number of rotatable bonds is 4. The standard InChI is InChI=1S/C9H8FN3O3S/c10-8-2-1-7(3-6(8)4-11)17(15,16)13-5-9(12)14/h1-3,13H,5H2,(H2,12,14). The highest BCUT2D eigenvalue weighted by atomic mass is 32.2. The molecule has 0 heterocycles. The van der Waals surface area contributed by atoms with Crippen molar-refractivity contribution in [1.29, 1.82) is 5.26 Å². The fourth-order valence-electron chi connectivity index (χ4n) is 1.01. The molecule has 0 aliphatic carbocycles. The zero-order valence-corrected chi connectivity index (χ0v) is 9.29. The van der Waals surface area contributed by atoms with Crippen LogP contribution in [0.4, 0.5) is 4.39 Å². The summed E-state index contributed by atoms with van der Waals surface area (Å²) in [5.41, 5.74) is 4.38. The lowest BCUT2D eigenvalue weighted by Crippen LogP contribution is -2.33. The van der Waals surface area contributed by atoms with E-state index in [9.17, 15) is 17.6 Å².